The number of carbonyl (C=O) groups excluding carboxylic acids is 1. The van der Waals surface area contributed by atoms with Crippen molar-refractivity contribution in [1.29, 1.82) is 0 Å². The molecule has 10 heteroatoms. The molecule has 3 heterocycles. The van der Waals surface area contributed by atoms with Crippen LogP contribution in [-0.4, -0.2) is 45.7 Å². The second-order valence-electron chi connectivity index (χ2n) is 8.36. The van der Waals surface area contributed by atoms with Crippen LogP contribution in [0, 0.1) is 12.3 Å². The Morgan fingerprint density at radius 3 is 2.82 bits per heavy atom. The van der Waals surface area contributed by atoms with Crippen molar-refractivity contribution >= 4 is 40.0 Å². The van der Waals surface area contributed by atoms with Crippen molar-refractivity contribution in [2.75, 3.05) is 36.6 Å². The molecule has 0 aliphatic carbocycles. The Bertz CT molecular complexity index is 1580. The Morgan fingerprint density at radius 1 is 1.16 bits per heavy atom. The van der Waals surface area contributed by atoms with Crippen molar-refractivity contribution in [1.82, 2.24) is 19.5 Å². The number of hydrogen-bond acceptors (Lipinski definition) is 9. The minimum absolute atomic E-state index is 0.176. The SMILES string of the molecule is COc1cc(NCCOC(=O)c2ccccc2)c(N)cc1Nc1nccc(-c2cn(C)c3nc#ccc23)n1. The topological polar surface area (TPSA) is 129 Å². The third kappa shape index (κ3) is 5.12. The number of benzene rings is 2. The third-order valence-electron chi connectivity index (χ3n) is 5.84. The minimum Gasteiger partial charge on any atom is -0.494 e. The highest BCUT2D eigenvalue weighted by Crippen LogP contribution is 2.35. The van der Waals surface area contributed by atoms with Gasteiger partial charge in [-0.15, -0.1) is 0 Å². The van der Waals surface area contributed by atoms with Crippen LogP contribution in [0.4, 0.5) is 23.0 Å². The van der Waals surface area contributed by atoms with Crippen molar-refractivity contribution in [3.63, 3.8) is 0 Å². The number of nitrogen functional groups attached to an aromatic ring is 1. The molecule has 0 aliphatic heterocycles. The molecule has 4 N–H and O–H groups in total. The van der Waals surface area contributed by atoms with Crippen LogP contribution in [0.3, 0.4) is 0 Å². The van der Waals surface area contributed by atoms with Gasteiger partial charge in [0, 0.05) is 55.3 Å². The first-order chi connectivity index (χ1) is 18.5. The number of aryl methyl sites for hydroxylation is 1. The van der Waals surface area contributed by atoms with Crippen molar-refractivity contribution in [2.45, 2.75) is 0 Å². The molecule has 190 valence electrons. The van der Waals surface area contributed by atoms with E-state index in [4.69, 9.17) is 15.2 Å². The largest absolute Gasteiger partial charge is 0.494 e. The van der Waals surface area contributed by atoms with Crippen LogP contribution in [0.5, 0.6) is 5.75 Å². The molecule has 2 aromatic carbocycles. The highest BCUT2D eigenvalue weighted by molar-refractivity contribution is 5.93. The van der Waals surface area contributed by atoms with Gasteiger partial charge in [0.05, 0.1) is 35.4 Å². The summed E-state index contributed by atoms with van der Waals surface area (Å²) in [4.78, 5) is 25.4. The summed E-state index contributed by atoms with van der Waals surface area (Å²) in [6, 6.07) is 18.9. The second kappa shape index (κ2) is 10.8. The molecule has 0 saturated carbocycles. The van der Waals surface area contributed by atoms with Crippen LogP contribution in [0.15, 0.2) is 67.0 Å². The van der Waals surface area contributed by atoms with Crippen molar-refractivity contribution in [2.24, 2.45) is 7.05 Å². The van der Waals surface area contributed by atoms with Gasteiger partial charge in [-0.25, -0.2) is 14.8 Å². The van der Waals surface area contributed by atoms with E-state index in [0.717, 1.165) is 22.3 Å². The molecule has 5 aromatic rings. The van der Waals surface area contributed by atoms with Gasteiger partial charge in [-0.2, -0.15) is 4.98 Å². The first-order valence-corrected chi connectivity index (χ1v) is 11.8. The van der Waals surface area contributed by atoms with Gasteiger partial charge in [-0.1, -0.05) is 18.2 Å². The van der Waals surface area contributed by atoms with E-state index in [2.05, 4.69) is 37.8 Å². The first-order valence-electron chi connectivity index (χ1n) is 11.8. The second-order valence-corrected chi connectivity index (χ2v) is 8.36. The number of methoxy groups -OCH3 is 1. The highest BCUT2D eigenvalue weighted by atomic mass is 16.5. The molecule has 38 heavy (non-hydrogen) atoms. The molecule has 0 fully saturated rings. The maximum Gasteiger partial charge on any atom is 0.338 e. The monoisotopic (exact) mass is 507 g/mol. The molecule has 0 unspecified atom stereocenters. The molecule has 0 atom stereocenters. The standard InChI is InChI=1S/C28H25N7O3/c1-35-17-20(19-9-6-11-31-26(19)35)22-10-12-32-28(33-22)34-24-15-21(29)23(16-25(24)37-2)30-13-14-38-27(36)18-7-4-3-5-8-18/h3-5,7-10,12,15-17,30H,13-14,29H2,1-2H3,(H,32,33,34). The predicted molar refractivity (Wildman–Crippen MR) is 145 cm³/mol. The van der Waals surface area contributed by atoms with Gasteiger partial charge in [0.1, 0.15) is 12.4 Å². The van der Waals surface area contributed by atoms with Crippen LogP contribution < -0.4 is 21.1 Å². The smallest absolute Gasteiger partial charge is 0.338 e. The van der Waals surface area contributed by atoms with Gasteiger partial charge in [-0.05, 0) is 30.3 Å². The van der Waals surface area contributed by atoms with Gasteiger partial charge in [0.2, 0.25) is 5.95 Å². The van der Waals surface area contributed by atoms with Crippen LogP contribution in [-0.2, 0) is 11.8 Å². The van der Waals surface area contributed by atoms with Gasteiger partial charge < -0.3 is 30.4 Å². The summed E-state index contributed by atoms with van der Waals surface area (Å²) in [5, 5.41) is 7.30. The van der Waals surface area contributed by atoms with Crippen molar-refractivity contribution < 1.29 is 14.3 Å². The molecule has 0 amide bonds. The zero-order chi connectivity index (χ0) is 26.5. The summed E-state index contributed by atoms with van der Waals surface area (Å²) in [5.41, 5.74) is 11.0. The zero-order valence-corrected chi connectivity index (χ0v) is 20.9. The average molecular weight is 508 g/mol. The van der Waals surface area contributed by atoms with Gasteiger partial charge >= 0.3 is 5.97 Å². The number of esters is 1. The molecule has 10 nitrogen and oxygen atoms in total. The lowest BCUT2D eigenvalue weighted by atomic mass is 10.1. The van der Waals surface area contributed by atoms with E-state index in [1.165, 1.54) is 0 Å². The maximum atomic E-state index is 12.1. The molecular formula is C28H25N7O3. The number of ether oxygens (including phenoxy) is 2. The summed E-state index contributed by atoms with van der Waals surface area (Å²) in [6.45, 7) is 0.550. The van der Waals surface area contributed by atoms with E-state index < -0.39 is 0 Å². The number of nitrogens with one attached hydrogen (secondary N) is 2. The fraction of sp³-hybridized carbons (Fsp3) is 0.143. The van der Waals surface area contributed by atoms with E-state index >= 15 is 0 Å². The molecule has 5 rings (SSSR count). The van der Waals surface area contributed by atoms with Gasteiger partial charge in [-0.3, -0.25) is 0 Å². The molecule has 3 aromatic heterocycles. The summed E-state index contributed by atoms with van der Waals surface area (Å²) in [6.07, 6.45) is 6.38. The van der Waals surface area contributed by atoms with Crippen LogP contribution in [0.25, 0.3) is 22.3 Å². The predicted octanol–water partition coefficient (Wildman–Crippen LogP) is 4.23. The van der Waals surface area contributed by atoms with Crippen molar-refractivity contribution in [3.8, 4) is 17.0 Å². The Kier molecular flexibility index (Phi) is 6.91. The number of anilines is 4. The van der Waals surface area contributed by atoms with Gasteiger partial charge in [0.25, 0.3) is 0 Å². The fourth-order valence-corrected chi connectivity index (χ4v) is 4.00. The Hall–Kier alpha value is -5.30. The zero-order valence-electron chi connectivity index (χ0n) is 20.9. The number of rotatable bonds is 9. The first kappa shape index (κ1) is 24.4. The van der Waals surface area contributed by atoms with Crippen LogP contribution in [0.2, 0.25) is 0 Å². The summed E-state index contributed by atoms with van der Waals surface area (Å²) in [7, 11) is 3.49. The fourth-order valence-electron chi connectivity index (χ4n) is 4.00. The van der Waals surface area contributed by atoms with Crippen LogP contribution >= 0.6 is 0 Å². The average Bonchev–Trinajstić information content (AvgIpc) is 3.29. The normalized spacial score (nSPS) is 10.6. The minimum atomic E-state index is -0.379. The molecular weight excluding hydrogens is 482 g/mol. The van der Waals surface area contributed by atoms with Crippen LogP contribution in [0.1, 0.15) is 10.4 Å². The van der Waals surface area contributed by atoms with E-state index in [0.29, 0.717) is 40.9 Å². The number of nitrogens with two attached hydrogens (primary N) is 1. The lowest BCUT2D eigenvalue weighted by molar-refractivity contribution is 0.0520. The quantitative estimate of drug-likeness (QED) is 0.152. The number of aromatic nitrogens is 4. The number of carbonyl (C=O) groups is 1. The maximum absolute atomic E-state index is 12.1. The van der Waals surface area contributed by atoms with Crippen molar-refractivity contribution in [3.05, 3.63) is 84.8 Å². The Labute approximate surface area is 219 Å². The summed E-state index contributed by atoms with van der Waals surface area (Å²) >= 11 is 0. The lowest BCUT2D eigenvalue weighted by Gasteiger charge is -2.16. The molecule has 0 saturated heterocycles. The number of nitrogens with zero attached hydrogens (tertiary/aromatic N) is 4. The Balaban J connectivity index is 1.28. The van der Waals surface area contributed by atoms with E-state index in [9.17, 15) is 4.79 Å². The van der Waals surface area contributed by atoms with E-state index in [1.807, 2.05) is 36.0 Å². The van der Waals surface area contributed by atoms with E-state index in [1.54, 1.807) is 49.7 Å². The summed E-state index contributed by atoms with van der Waals surface area (Å²) < 4.78 is 12.8. The Morgan fingerprint density at radius 2 is 2.00 bits per heavy atom. The lowest BCUT2D eigenvalue weighted by Crippen LogP contribution is -2.14. The molecule has 0 radical (unpaired) electrons. The number of hydrogen-bond donors (Lipinski definition) is 3. The molecule has 0 bridgehead atoms. The molecule has 0 spiro atoms. The van der Waals surface area contributed by atoms with E-state index in [-0.39, 0.29) is 12.6 Å². The highest BCUT2D eigenvalue weighted by Gasteiger charge is 2.14. The van der Waals surface area contributed by atoms with Gasteiger partial charge in [0.15, 0.2) is 5.65 Å². The summed E-state index contributed by atoms with van der Waals surface area (Å²) in [5.74, 6) is 0.539. The number of fused-ring (bicyclic) bond motifs is 1. The molecule has 0 aliphatic rings. The third-order valence-corrected chi connectivity index (χ3v) is 5.84.